The minimum absolute atomic E-state index is 0.244. The number of nitrogens with zero attached hydrogens (tertiary/aromatic N) is 1. The van der Waals surface area contributed by atoms with Gasteiger partial charge in [-0.1, -0.05) is 29.8 Å². The summed E-state index contributed by atoms with van der Waals surface area (Å²) in [7, 11) is 0. The van der Waals surface area contributed by atoms with E-state index in [-0.39, 0.29) is 6.61 Å². The monoisotopic (exact) mass is 217 g/mol. The molecule has 0 radical (unpaired) electrons. The Morgan fingerprint density at radius 1 is 1.69 bits per heavy atom. The van der Waals surface area contributed by atoms with Gasteiger partial charge in [0, 0.05) is 11.2 Å². The highest BCUT2D eigenvalue weighted by molar-refractivity contribution is 6.31. The van der Waals surface area contributed by atoms with E-state index in [0.29, 0.717) is 15.9 Å². The molecule has 1 rings (SSSR count). The summed E-state index contributed by atoms with van der Waals surface area (Å²) in [4.78, 5) is 3.89. The van der Waals surface area contributed by atoms with Crippen LogP contribution in [-0.2, 0) is 0 Å². The first-order valence-corrected chi connectivity index (χ1v) is 4.44. The van der Waals surface area contributed by atoms with Gasteiger partial charge in [-0.25, -0.2) is 4.98 Å². The van der Waals surface area contributed by atoms with Gasteiger partial charge in [0.15, 0.2) is 10.9 Å². The van der Waals surface area contributed by atoms with Gasteiger partial charge >= 0.3 is 0 Å². The second-order valence-electron chi connectivity index (χ2n) is 2.55. The molecule has 0 N–H and O–H groups in total. The molecule has 0 aliphatic carbocycles. The van der Waals surface area contributed by atoms with Crippen molar-refractivity contribution in [2.24, 2.45) is 0 Å². The van der Waals surface area contributed by atoms with Gasteiger partial charge in [0.25, 0.3) is 0 Å². The number of hydrogen-bond acceptors (Lipinski definition) is 2. The highest BCUT2D eigenvalue weighted by Gasteiger charge is 2.05. The lowest BCUT2D eigenvalue weighted by Crippen LogP contribution is -1.99. The zero-order chi connectivity index (χ0) is 9.84. The molecule has 0 amide bonds. The Morgan fingerprint density at radius 3 is 2.92 bits per heavy atom. The van der Waals surface area contributed by atoms with Crippen molar-refractivity contribution in [1.29, 1.82) is 0 Å². The average Bonchev–Trinajstić information content (AvgIpc) is 2.03. The minimum atomic E-state index is 0.244. The summed E-state index contributed by atoms with van der Waals surface area (Å²) in [6.07, 6.45) is 1.63. The summed E-state index contributed by atoms with van der Waals surface area (Å²) < 4.78 is 5.30. The summed E-state index contributed by atoms with van der Waals surface area (Å²) >= 11 is 11.4. The number of aromatic nitrogens is 1. The summed E-state index contributed by atoms with van der Waals surface area (Å²) in [5.41, 5.74) is 0.929. The third-order valence-electron chi connectivity index (χ3n) is 1.43. The fourth-order valence-corrected chi connectivity index (χ4v) is 1.15. The summed E-state index contributed by atoms with van der Waals surface area (Å²) in [5.74, 6) is 0.561. The van der Waals surface area contributed by atoms with Crippen LogP contribution < -0.4 is 4.74 Å². The van der Waals surface area contributed by atoms with Crippen molar-refractivity contribution in [3.63, 3.8) is 0 Å². The Kier molecular flexibility index (Phi) is 3.58. The topological polar surface area (TPSA) is 22.1 Å². The predicted molar refractivity (Wildman–Crippen MR) is 54.5 cm³/mol. The first-order valence-electron chi connectivity index (χ1n) is 3.68. The number of ether oxygens (including phenoxy) is 1. The maximum absolute atomic E-state index is 5.80. The first-order chi connectivity index (χ1) is 6.11. The normalized spacial score (nSPS) is 9.77. The number of aryl methyl sites for hydroxylation is 1. The Labute approximate surface area is 87.1 Å². The number of rotatable bonds is 3. The van der Waals surface area contributed by atoms with Crippen LogP contribution in [0, 0.1) is 6.92 Å². The van der Waals surface area contributed by atoms with Crippen LogP contribution in [0.5, 0.6) is 5.75 Å². The molecule has 0 saturated heterocycles. The van der Waals surface area contributed by atoms with Gasteiger partial charge in [0.05, 0.1) is 0 Å². The molecule has 70 valence electrons. The van der Waals surface area contributed by atoms with Crippen LogP contribution in [0.2, 0.25) is 5.15 Å². The first kappa shape index (κ1) is 10.4. The largest absolute Gasteiger partial charge is 0.484 e. The highest BCUT2D eigenvalue weighted by atomic mass is 35.5. The molecule has 1 aromatic heterocycles. The maximum atomic E-state index is 5.80. The summed E-state index contributed by atoms with van der Waals surface area (Å²) in [6.45, 7) is 5.64. The zero-order valence-corrected chi connectivity index (χ0v) is 8.69. The molecule has 0 bridgehead atoms. The van der Waals surface area contributed by atoms with E-state index in [4.69, 9.17) is 27.9 Å². The molecule has 0 aromatic carbocycles. The van der Waals surface area contributed by atoms with Gasteiger partial charge < -0.3 is 4.74 Å². The van der Waals surface area contributed by atoms with Gasteiger partial charge in [-0.15, -0.1) is 0 Å². The standard InChI is InChI=1S/C9H9Cl2NO/c1-6-3-4-12-9(11)8(6)13-5-7(2)10/h3-4H,2,5H2,1H3. The van der Waals surface area contributed by atoms with E-state index in [9.17, 15) is 0 Å². The lowest BCUT2D eigenvalue weighted by atomic mass is 10.3. The van der Waals surface area contributed by atoms with Crippen LogP contribution in [0.1, 0.15) is 5.56 Å². The van der Waals surface area contributed by atoms with Crippen LogP contribution in [0.15, 0.2) is 23.9 Å². The van der Waals surface area contributed by atoms with Crippen LogP contribution in [0.4, 0.5) is 0 Å². The fraction of sp³-hybridized carbons (Fsp3) is 0.222. The van der Waals surface area contributed by atoms with Gasteiger partial charge in [-0.05, 0) is 18.6 Å². The highest BCUT2D eigenvalue weighted by Crippen LogP contribution is 2.25. The quantitative estimate of drug-likeness (QED) is 0.727. The van der Waals surface area contributed by atoms with Crippen LogP contribution in [0.25, 0.3) is 0 Å². The molecule has 13 heavy (non-hydrogen) atoms. The molecule has 1 aromatic rings. The van der Waals surface area contributed by atoms with Crippen molar-refractivity contribution >= 4 is 23.2 Å². The molecule has 0 saturated carbocycles. The second kappa shape index (κ2) is 4.49. The van der Waals surface area contributed by atoms with Crippen molar-refractivity contribution in [2.45, 2.75) is 6.92 Å². The van der Waals surface area contributed by atoms with E-state index in [0.717, 1.165) is 5.56 Å². The van der Waals surface area contributed by atoms with Crippen molar-refractivity contribution in [2.75, 3.05) is 6.61 Å². The smallest absolute Gasteiger partial charge is 0.171 e. The van der Waals surface area contributed by atoms with E-state index < -0.39 is 0 Å². The van der Waals surface area contributed by atoms with Crippen molar-refractivity contribution < 1.29 is 4.74 Å². The summed E-state index contributed by atoms with van der Waals surface area (Å²) in [6, 6.07) is 1.82. The Bertz CT molecular complexity index is 305. The molecular formula is C9H9Cl2NO. The van der Waals surface area contributed by atoms with Crippen LogP contribution in [-0.4, -0.2) is 11.6 Å². The summed E-state index contributed by atoms with van der Waals surface area (Å²) in [5, 5.41) is 0.775. The molecule has 0 fully saturated rings. The third kappa shape index (κ3) is 2.90. The van der Waals surface area contributed by atoms with E-state index in [1.807, 2.05) is 13.0 Å². The Hall–Kier alpha value is -0.730. The van der Waals surface area contributed by atoms with Crippen molar-refractivity contribution in [3.8, 4) is 5.75 Å². The number of halogens is 2. The van der Waals surface area contributed by atoms with Gasteiger partial charge in [-0.2, -0.15) is 0 Å². The second-order valence-corrected chi connectivity index (χ2v) is 3.45. The minimum Gasteiger partial charge on any atom is -0.484 e. The predicted octanol–water partition coefficient (Wildman–Crippen LogP) is 3.17. The van der Waals surface area contributed by atoms with Gasteiger partial charge in [0.2, 0.25) is 0 Å². The van der Waals surface area contributed by atoms with Gasteiger partial charge in [-0.3, -0.25) is 0 Å². The molecule has 0 spiro atoms. The van der Waals surface area contributed by atoms with E-state index >= 15 is 0 Å². The number of pyridine rings is 1. The zero-order valence-electron chi connectivity index (χ0n) is 7.18. The average molecular weight is 218 g/mol. The third-order valence-corrected chi connectivity index (χ3v) is 1.81. The molecule has 2 nitrogen and oxygen atoms in total. The van der Waals surface area contributed by atoms with Crippen molar-refractivity contribution in [3.05, 3.63) is 34.6 Å². The van der Waals surface area contributed by atoms with E-state index in [1.165, 1.54) is 0 Å². The number of hydrogen-bond donors (Lipinski definition) is 0. The van der Waals surface area contributed by atoms with Gasteiger partial charge in [0.1, 0.15) is 6.61 Å². The van der Waals surface area contributed by atoms with Crippen LogP contribution >= 0.6 is 23.2 Å². The molecule has 0 atom stereocenters. The SMILES string of the molecule is C=C(Cl)COc1c(C)ccnc1Cl. The lowest BCUT2D eigenvalue weighted by molar-refractivity contribution is 0.355. The molecular weight excluding hydrogens is 209 g/mol. The molecule has 0 aliphatic rings. The lowest BCUT2D eigenvalue weighted by Gasteiger charge is -2.08. The molecule has 0 unspecified atom stereocenters. The Balaban J connectivity index is 2.81. The van der Waals surface area contributed by atoms with E-state index in [1.54, 1.807) is 6.20 Å². The Morgan fingerprint density at radius 2 is 2.38 bits per heavy atom. The fourth-order valence-electron chi connectivity index (χ4n) is 0.835. The molecule has 1 heterocycles. The maximum Gasteiger partial charge on any atom is 0.171 e. The van der Waals surface area contributed by atoms with Crippen molar-refractivity contribution in [1.82, 2.24) is 4.98 Å². The molecule has 4 heteroatoms. The van der Waals surface area contributed by atoms with E-state index in [2.05, 4.69) is 11.6 Å². The van der Waals surface area contributed by atoms with Crippen LogP contribution in [0.3, 0.4) is 0 Å². The molecule has 0 aliphatic heterocycles.